The zero-order chi connectivity index (χ0) is 22.0. The molecule has 162 valence electrons. The zero-order valence-corrected chi connectivity index (χ0v) is 18.3. The molecule has 31 heavy (non-hydrogen) atoms. The van der Waals surface area contributed by atoms with Gasteiger partial charge >= 0.3 is 0 Å². The van der Waals surface area contributed by atoms with Crippen molar-refractivity contribution >= 4 is 26.3 Å². The Labute approximate surface area is 182 Å². The summed E-state index contributed by atoms with van der Waals surface area (Å²) in [6, 6.07) is 10.6. The van der Waals surface area contributed by atoms with Crippen molar-refractivity contribution in [3.8, 4) is 22.9 Å². The molecule has 0 spiro atoms. The van der Waals surface area contributed by atoms with Crippen LogP contribution in [0.5, 0.6) is 11.5 Å². The van der Waals surface area contributed by atoms with Crippen molar-refractivity contribution in [3.05, 3.63) is 59.4 Å². The number of aromatic nitrogens is 3. The zero-order valence-electron chi connectivity index (χ0n) is 16.7. The lowest BCUT2D eigenvalue weighted by molar-refractivity contribution is 0.386. The van der Waals surface area contributed by atoms with Gasteiger partial charge in [0.1, 0.15) is 22.2 Å². The SMILES string of the molecule is COc1ccc(S(=O)(=O)NCCc2csc3nc(-c4cccc(F)c4)nn23)c(OC)c1. The van der Waals surface area contributed by atoms with Gasteiger partial charge in [-0.15, -0.1) is 16.4 Å². The number of methoxy groups -OCH3 is 2. The van der Waals surface area contributed by atoms with Crippen molar-refractivity contribution in [2.24, 2.45) is 0 Å². The minimum atomic E-state index is -3.79. The Morgan fingerprint density at radius 3 is 2.74 bits per heavy atom. The van der Waals surface area contributed by atoms with Crippen LogP contribution in [-0.2, 0) is 16.4 Å². The summed E-state index contributed by atoms with van der Waals surface area (Å²) >= 11 is 1.38. The minimum absolute atomic E-state index is 0.0282. The largest absolute Gasteiger partial charge is 0.497 e. The van der Waals surface area contributed by atoms with Crippen LogP contribution in [0.3, 0.4) is 0 Å². The first-order valence-electron chi connectivity index (χ1n) is 9.22. The van der Waals surface area contributed by atoms with Crippen LogP contribution in [0.1, 0.15) is 5.69 Å². The molecule has 0 atom stereocenters. The minimum Gasteiger partial charge on any atom is -0.497 e. The van der Waals surface area contributed by atoms with E-state index in [1.807, 2.05) is 5.38 Å². The second-order valence-corrected chi connectivity index (χ2v) is 9.10. The number of hydrogen-bond donors (Lipinski definition) is 1. The molecule has 4 aromatic rings. The maximum atomic E-state index is 13.5. The molecule has 0 unspecified atom stereocenters. The van der Waals surface area contributed by atoms with Crippen molar-refractivity contribution < 1.29 is 22.3 Å². The highest BCUT2D eigenvalue weighted by molar-refractivity contribution is 7.89. The van der Waals surface area contributed by atoms with Crippen molar-refractivity contribution in [1.29, 1.82) is 0 Å². The van der Waals surface area contributed by atoms with Gasteiger partial charge in [0.25, 0.3) is 0 Å². The summed E-state index contributed by atoms with van der Waals surface area (Å²) in [5.74, 6) is 0.743. The van der Waals surface area contributed by atoms with E-state index < -0.39 is 10.0 Å². The van der Waals surface area contributed by atoms with E-state index in [1.54, 1.807) is 22.7 Å². The second-order valence-electron chi connectivity index (χ2n) is 6.53. The van der Waals surface area contributed by atoms with Crippen LogP contribution in [0.2, 0.25) is 0 Å². The predicted molar refractivity (Wildman–Crippen MR) is 115 cm³/mol. The average Bonchev–Trinajstić information content (AvgIpc) is 3.35. The van der Waals surface area contributed by atoms with E-state index in [-0.39, 0.29) is 23.0 Å². The third kappa shape index (κ3) is 4.38. The third-order valence-electron chi connectivity index (χ3n) is 4.57. The molecule has 8 nitrogen and oxygen atoms in total. The highest BCUT2D eigenvalue weighted by Crippen LogP contribution is 2.28. The molecule has 2 aromatic heterocycles. The van der Waals surface area contributed by atoms with E-state index in [0.717, 1.165) is 5.69 Å². The third-order valence-corrected chi connectivity index (χ3v) is 6.93. The molecule has 4 rings (SSSR count). The fraction of sp³-hybridized carbons (Fsp3) is 0.200. The topological polar surface area (TPSA) is 94.8 Å². The normalized spacial score (nSPS) is 11.7. The molecule has 0 aliphatic heterocycles. The van der Waals surface area contributed by atoms with Crippen LogP contribution in [0.25, 0.3) is 16.3 Å². The Hall–Kier alpha value is -3.02. The molecule has 0 aliphatic carbocycles. The van der Waals surface area contributed by atoms with E-state index >= 15 is 0 Å². The second kappa shape index (κ2) is 8.61. The number of sulfonamides is 1. The summed E-state index contributed by atoms with van der Waals surface area (Å²) in [7, 11) is -0.899. The van der Waals surface area contributed by atoms with Gasteiger partial charge in [0.2, 0.25) is 15.0 Å². The van der Waals surface area contributed by atoms with E-state index in [2.05, 4.69) is 14.8 Å². The molecule has 0 saturated heterocycles. The van der Waals surface area contributed by atoms with Crippen molar-refractivity contribution in [1.82, 2.24) is 19.3 Å². The Bertz CT molecular complexity index is 1330. The molecular formula is C20H19FN4O4S2. The van der Waals surface area contributed by atoms with E-state index in [0.29, 0.717) is 28.5 Å². The van der Waals surface area contributed by atoms with Crippen molar-refractivity contribution in [2.75, 3.05) is 20.8 Å². The summed E-state index contributed by atoms with van der Waals surface area (Å²) in [6.45, 7) is 0.151. The quantitative estimate of drug-likeness (QED) is 0.432. The Morgan fingerprint density at radius 1 is 1.16 bits per heavy atom. The summed E-state index contributed by atoms with van der Waals surface area (Å²) in [6.07, 6.45) is 0.393. The molecule has 1 N–H and O–H groups in total. The Morgan fingerprint density at radius 2 is 2.00 bits per heavy atom. The van der Waals surface area contributed by atoms with Gasteiger partial charge in [-0.1, -0.05) is 12.1 Å². The first kappa shape index (κ1) is 21.2. The van der Waals surface area contributed by atoms with Crippen LogP contribution in [-0.4, -0.2) is 43.8 Å². The first-order chi connectivity index (χ1) is 14.9. The summed E-state index contributed by atoms with van der Waals surface area (Å²) in [5.41, 5.74) is 1.37. The van der Waals surface area contributed by atoms with Crippen LogP contribution in [0.15, 0.2) is 52.7 Å². The molecule has 11 heteroatoms. The predicted octanol–water partition coefficient (Wildman–Crippen LogP) is 3.14. The number of ether oxygens (including phenoxy) is 2. The van der Waals surface area contributed by atoms with Crippen LogP contribution >= 0.6 is 11.3 Å². The lowest BCUT2D eigenvalue weighted by atomic mass is 10.2. The van der Waals surface area contributed by atoms with E-state index in [4.69, 9.17) is 9.47 Å². The number of nitrogens with zero attached hydrogens (tertiary/aromatic N) is 3. The number of fused-ring (bicyclic) bond motifs is 1. The summed E-state index contributed by atoms with van der Waals surface area (Å²) in [4.78, 5) is 5.10. The monoisotopic (exact) mass is 462 g/mol. The molecular weight excluding hydrogens is 443 g/mol. The summed E-state index contributed by atoms with van der Waals surface area (Å²) in [5, 5.41) is 6.31. The van der Waals surface area contributed by atoms with E-state index in [1.165, 1.54) is 49.8 Å². The fourth-order valence-electron chi connectivity index (χ4n) is 3.03. The van der Waals surface area contributed by atoms with Gasteiger partial charge in [0, 0.05) is 30.0 Å². The highest BCUT2D eigenvalue weighted by Gasteiger charge is 2.20. The molecule has 2 aromatic carbocycles. The average molecular weight is 463 g/mol. The van der Waals surface area contributed by atoms with Gasteiger partial charge in [-0.05, 0) is 24.3 Å². The maximum absolute atomic E-state index is 13.5. The van der Waals surface area contributed by atoms with E-state index in [9.17, 15) is 12.8 Å². The molecule has 0 bridgehead atoms. The molecule has 0 fully saturated rings. The van der Waals surface area contributed by atoms with Crippen molar-refractivity contribution in [3.63, 3.8) is 0 Å². The number of rotatable bonds is 8. The van der Waals surface area contributed by atoms with Gasteiger partial charge in [-0.25, -0.2) is 22.0 Å². The molecule has 0 aliphatic rings. The number of benzene rings is 2. The maximum Gasteiger partial charge on any atom is 0.244 e. The van der Waals surface area contributed by atoms with Gasteiger partial charge in [-0.3, -0.25) is 0 Å². The Kier molecular flexibility index (Phi) is 5.90. The number of nitrogens with one attached hydrogen (secondary N) is 1. The fourth-order valence-corrected chi connectivity index (χ4v) is 5.07. The lowest BCUT2D eigenvalue weighted by Gasteiger charge is -2.11. The molecule has 0 amide bonds. The number of halogens is 1. The van der Waals surface area contributed by atoms with Crippen LogP contribution < -0.4 is 14.2 Å². The van der Waals surface area contributed by atoms with Crippen LogP contribution in [0, 0.1) is 5.82 Å². The first-order valence-corrected chi connectivity index (χ1v) is 11.6. The van der Waals surface area contributed by atoms with Gasteiger partial charge in [0.15, 0.2) is 5.82 Å². The van der Waals surface area contributed by atoms with Crippen molar-refractivity contribution in [2.45, 2.75) is 11.3 Å². The highest BCUT2D eigenvalue weighted by atomic mass is 32.2. The Balaban J connectivity index is 1.49. The summed E-state index contributed by atoms with van der Waals surface area (Å²) < 4.78 is 53.5. The molecule has 0 radical (unpaired) electrons. The molecule has 2 heterocycles. The van der Waals surface area contributed by atoms with Crippen LogP contribution in [0.4, 0.5) is 4.39 Å². The standard InChI is InChI=1S/C20H19FN4O4S2/c1-28-16-6-7-18(17(11-16)29-2)31(26,27)22-9-8-15-12-30-20-23-19(24-25(15)20)13-4-3-5-14(21)10-13/h3-7,10-12,22H,8-9H2,1-2H3. The van der Waals surface area contributed by atoms with Gasteiger partial charge < -0.3 is 9.47 Å². The molecule has 0 saturated carbocycles. The van der Waals surface area contributed by atoms with Gasteiger partial charge in [0.05, 0.1) is 19.9 Å². The lowest BCUT2D eigenvalue weighted by Crippen LogP contribution is -2.26. The van der Waals surface area contributed by atoms with Gasteiger partial charge in [-0.2, -0.15) is 4.98 Å². The smallest absolute Gasteiger partial charge is 0.244 e. The number of hydrogen-bond acceptors (Lipinski definition) is 7. The number of thiazole rings is 1.